The summed E-state index contributed by atoms with van der Waals surface area (Å²) in [4.78, 5) is 26.7. The number of alkyl carbamates (subject to hydrolysis) is 1. The van der Waals surface area contributed by atoms with E-state index >= 15 is 0 Å². The highest BCUT2D eigenvalue weighted by molar-refractivity contribution is 6.35. The summed E-state index contributed by atoms with van der Waals surface area (Å²) in [7, 11) is 1.78. The van der Waals surface area contributed by atoms with Crippen LogP contribution in [0.1, 0.15) is 45.6 Å². The van der Waals surface area contributed by atoms with Crippen LogP contribution in [0.5, 0.6) is 0 Å². The van der Waals surface area contributed by atoms with Crippen LogP contribution in [-0.4, -0.2) is 21.5 Å². The van der Waals surface area contributed by atoms with Crippen LogP contribution in [0.25, 0.3) is 44.3 Å². The molecule has 1 N–H and O–H groups in total. The topological polar surface area (TPSA) is 86.4 Å². The molecule has 5 aromatic rings. The number of benzene rings is 3. The molecule has 0 radical (unpaired) electrons. The van der Waals surface area contributed by atoms with Crippen LogP contribution < -0.4 is 10.7 Å². The fraction of sp³-hybridized carbons (Fsp3) is 0.281. The minimum Gasteiger partial charge on any atom is -0.453 e. The maximum atomic E-state index is 14.1. The summed E-state index contributed by atoms with van der Waals surface area (Å²) in [6.07, 6.45) is 2.22. The SMILES string of the molecule is Cn1nc(Cl)c2ccc3c(=O)c(-c4ccc(C5(NC(=O)OC(C)(C)C)CCC5)cc4)c(-c4ccccc4)oc3c21. The van der Waals surface area contributed by atoms with E-state index in [1.165, 1.54) is 0 Å². The third-order valence-electron chi connectivity index (χ3n) is 7.53. The summed E-state index contributed by atoms with van der Waals surface area (Å²) in [5, 5.41) is 8.95. The quantitative estimate of drug-likeness (QED) is 0.247. The number of rotatable bonds is 4. The summed E-state index contributed by atoms with van der Waals surface area (Å²) in [6.45, 7) is 5.55. The zero-order chi connectivity index (χ0) is 28.2. The largest absolute Gasteiger partial charge is 0.453 e. The minimum absolute atomic E-state index is 0.141. The van der Waals surface area contributed by atoms with Gasteiger partial charge in [0.2, 0.25) is 5.43 Å². The molecule has 1 amide bonds. The number of carbonyl (C=O) groups excluding carboxylic acids is 1. The molecule has 8 heteroatoms. The van der Waals surface area contributed by atoms with Gasteiger partial charge in [0.1, 0.15) is 16.9 Å². The normalized spacial score (nSPS) is 14.7. The van der Waals surface area contributed by atoms with E-state index in [2.05, 4.69) is 10.4 Å². The molecule has 2 aromatic heterocycles. The van der Waals surface area contributed by atoms with E-state index in [4.69, 9.17) is 20.8 Å². The average molecular weight is 556 g/mol. The van der Waals surface area contributed by atoms with Crippen molar-refractivity contribution in [3.05, 3.63) is 87.7 Å². The first-order valence-electron chi connectivity index (χ1n) is 13.4. The number of carbonyl (C=O) groups is 1. The Hall–Kier alpha value is -4.10. The third kappa shape index (κ3) is 4.44. The number of hydrogen-bond acceptors (Lipinski definition) is 5. The van der Waals surface area contributed by atoms with Crippen molar-refractivity contribution >= 4 is 39.6 Å². The van der Waals surface area contributed by atoms with E-state index in [-0.39, 0.29) is 5.43 Å². The standard InChI is InChI=1S/C32H30ClN3O4/c1-31(2,3)40-30(38)34-32(17-8-18-32)21-13-11-19(12-14-21)24-26(37)23-16-15-22-25(36(4)35-29(22)33)28(23)39-27(24)20-9-6-5-7-10-20/h5-7,9-16H,8,17-18H2,1-4H3,(H,34,38). The van der Waals surface area contributed by atoms with Gasteiger partial charge < -0.3 is 14.5 Å². The summed E-state index contributed by atoms with van der Waals surface area (Å²) >= 11 is 6.35. The summed E-state index contributed by atoms with van der Waals surface area (Å²) < 4.78 is 13.7. The lowest BCUT2D eigenvalue weighted by atomic mass is 9.71. The van der Waals surface area contributed by atoms with Gasteiger partial charge in [-0.1, -0.05) is 66.2 Å². The lowest BCUT2D eigenvalue weighted by Gasteiger charge is -2.43. The van der Waals surface area contributed by atoms with E-state index in [9.17, 15) is 9.59 Å². The van der Waals surface area contributed by atoms with Gasteiger partial charge in [-0.05, 0) is 63.3 Å². The molecule has 3 aromatic carbocycles. The first-order chi connectivity index (χ1) is 19.1. The van der Waals surface area contributed by atoms with Gasteiger partial charge in [0, 0.05) is 18.0 Å². The van der Waals surface area contributed by atoms with Crippen LogP contribution in [0.2, 0.25) is 5.15 Å². The highest BCUT2D eigenvalue weighted by Gasteiger charge is 2.41. The molecular weight excluding hydrogens is 526 g/mol. The van der Waals surface area contributed by atoms with Gasteiger partial charge in [-0.2, -0.15) is 5.10 Å². The van der Waals surface area contributed by atoms with E-state index < -0.39 is 17.2 Å². The van der Waals surface area contributed by atoms with Crippen LogP contribution in [0, 0.1) is 0 Å². The van der Waals surface area contributed by atoms with Gasteiger partial charge in [-0.25, -0.2) is 4.79 Å². The van der Waals surface area contributed by atoms with Crippen molar-refractivity contribution in [2.24, 2.45) is 7.05 Å². The van der Waals surface area contributed by atoms with Gasteiger partial charge in [0.25, 0.3) is 0 Å². The molecular formula is C32H30ClN3O4. The Morgan fingerprint density at radius 3 is 2.30 bits per heavy atom. The lowest BCUT2D eigenvalue weighted by molar-refractivity contribution is 0.0377. The molecule has 0 spiro atoms. The van der Waals surface area contributed by atoms with E-state index in [0.29, 0.717) is 33.0 Å². The molecule has 0 bridgehead atoms. The van der Waals surface area contributed by atoms with Crippen molar-refractivity contribution in [3.8, 4) is 22.5 Å². The molecule has 0 atom stereocenters. The Morgan fingerprint density at radius 2 is 1.68 bits per heavy atom. The monoisotopic (exact) mass is 555 g/mol. The number of amides is 1. The second-order valence-corrected chi connectivity index (χ2v) is 11.8. The van der Waals surface area contributed by atoms with E-state index in [0.717, 1.165) is 41.3 Å². The second kappa shape index (κ2) is 9.52. The van der Waals surface area contributed by atoms with Crippen LogP contribution >= 0.6 is 11.6 Å². The highest BCUT2D eigenvalue weighted by atomic mass is 35.5. The number of ether oxygens (including phenoxy) is 1. The number of fused-ring (bicyclic) bond motifs is 3. The lowest BCUT2D eigenvalue weighted by Crippen LogP contribution is -2.52. The number of nitrogens with one attached hydrogen (secondary N) is 1. The van der Waals surface area contributed by atoms with Gasteiger partial charge in [-0.3, -0.25) is 9.48 Å². The summed E-state index contributed by atoms with van der Waals surface area (Å²) in [5.74, 6) is 0.473. The molecule has 1 fully saturated rings. The molecule has 204 valence electrons. The molecule has 0 aliphatic heterocycles. The molecule has 40 heavy (non-hydrogen) atoms. The van der Waals surface area contributed by atoms with Crippen molar-refractivity contribution in [1.29, 1.82) is 0 Å². The number of halogens is 1. The van der Waals surface area contributed by atoms with Gasteiger partial charge in [0.15, 0.2) is 10.7 Å². The zero-order valence-corrected chi connectivity index (χ0v) is 23.6. The highest BCUT2D eigenvalue weighted by Crippen LogP contribution is 2.43. The Kier molecular flexibility index (Phi) is 6.22. The van der Waals surface area contributed by atoms with Crippen molar-refractivity contribution < 1.29 is 13.9 Å². The minimum atomic E-state index is -0.580. The van der Waals surface area contributed by atoms with Crippen molar-refractivity contribution in [3.63, 3.8) is 0 Å². The number of hydrogen-bond donors (Lipinski definition) is 1. The predicted octanol–water partition coefficient (Wildman–Crippen LogP) is 7.57. The van der Waals surface area contributed by atoms with Crippen molar-refractivity contribution in [1.82, 2.24) is 15.1 Å². The van der Waals surface area contributed by atoms with Crippen LogP contribution in [-0.2, 0) is 17.3 Å². The molecule has 1 aliphatic rings. The van der Waals surface area contributed by atoms with E-state index in [1.807, 2.05) is 81.4 Å². The first kappa shape index (κ1) is 26.1. The number of nitrogens with zero attached hydrogens (tertiary/aromatic N) is 2. The fourth-order valence-electron chi connectivity index (χ4n) is 5.49. The number of aromatic nitrogens is 2. The van der Waals surface area contributed by atoms with Gasteiger partial charge >= 0.3 is 6.09 Å². The van der Waals surface area contributed by atoms with Crippen molar-refractivity contribution in [2.45, 2.75) is 51.2 Å². The van der Waals surface area contributed by atoms with Crippen LogP contribution in [0.4, 0.5) is 4.79 Å². The Labute approximate surface area is 236 Å². The van der Waals surface area contributed by atoms with Crippen molar-refractivity contribution in [2.75, 3.05) is 0 Å². The Morgan fingerprint density at radius 1 is 1.00 bits per heavy atom. The summed E-state index contributed by atoms with van der Waals surface area (Å²) in [5.41, 5.74) is 2.87. The fourth-order valence-corrected chi connectivity index (χ4v) is 5.76. The maximum Gasteiger partial charge on any atom is 0.408 e. The van der Waals surface area contributed by atoms with E-state index in [1.54, 1.807) is 17.8 Å². The van der Waals surface area contributed by atoms with Crippen LogP contribution in [0.3, 0.4) is 0 Å². The number of aryl methyl sites for hydroxylation is 1. The zero-order valence-electron chi connectivity index (χ0n) is 22.9. The van der Waals surface area contributed by atoms with Gasteiger partial charge in [-0.15, -0.1) is 0 Å². The molecule has 1 aliphatic carbocycles. The van der Waals surface area contributed by atoms with Crippen LogP contribution in [0.15, 0.2) is 75.9 Å². The average Bonchev–Trinajstić information content (AvgIpc) is 3.19. The molecule has 6 rings (SSSR count). The summed E-state index contributed by atoms with van der Waals surface area (Å²) in [6, 6.07) is 21.0. The molecule has 1 saturated carbocycles. The molecule has 7 nitrogen and oxygen atoms in total. The Bertz CT molecular complexity index is 1810. The molecule has 2 heterocycles. The maximum absolute atomic E-state index is 14.1. The smallest absolute Gasteiger partial charge is 0.408 e. The molecule has 0 saturated heterocycles. The van der Waals surface area contributed by atoms with Gasteiger partial charge in [0.05, 0.1) is 16.5 Å². The Balaban J connectivity index is 1.48. The first-order valence-corrected chi connectivity index (χ1v) is 13.7. The molecule has 0 unspecified atom stereocenters. The third-order valence-corrected chi connectivity index (χ3v) is 7.81. The second-order valence-electron chi connectivity index (χ2n) is 11.4. The predicted molar refractivity (Wildman–Crippen MR) is 158 cm³/mol.